The molecule has 6 rings (SSSR count). The van der Waals surface area contributed by atoms with E-state index >= 15 is 0 Å². The van der Waals surface area contributed by atoms with Crippen LogP contribution in [0.3, 0.4) is 0 Å². The number of hydrogen-bond acceptors (Lipinski definition) is 3. The number of fused-ring (bicyclic) bond motifs is 3. The predicted molar refractivity (Wildman–Crippen MR) is 114 cm³/mol. The second-order valence-corrected chi connectivity index (χ2v) is 8.62. The van der Waals surface area contributed by atoms with Gasteiger partial charge in [0.15, 0.2) is 5.65 Å². The Balaban J connectivity index is 1.51. The molecular formula is C24H26N4O. The highest BCUT2D eigenvalue weighted by Crippen LogP contribution is 2.49. The number of aromatic nitrogens is 4. The summed E-state index contributed by atoms with van der Waals surface area (Å²) in [4.78, 5) is 13.1. The SMILES string of the molecule is COC1(c2ccc(-c3nc(C4CCCCC4)n4c3cnc3[nH]ccc34)cc2)CC1. The summed E-state index contributed by atoms with van der Waals surface area (Å²) in [5.41, 5.74) is 6.54. The topological polar surface area (TPSA) is 55.2 Å². The smallest absolute Gasteiger partial charge is 0.154 e. The normalized spacial score (nSPS) is 19.2. The number of H-pyrrole nitrogens is 1. The Morgan fingerprint density at radius 2 is 1.83 bits per heavy atom. The van der Waals surface area contributed by atoms with Gasteiger partial charge < -0.3 is 9.72 Å². The Labute approximate surface area is 170 Å². The van der Waals surface area contributed by atoms with E-state index in [-0.39, 0.29) is 5.60 Å². The van der Waals surface area contributed by atoms with Crippen molar-refractivity contribution >= 4 is 16.7 Å². The zero-order valence-electron chi connectivity index (χ0n) is 16.8. The number of imidazole rings is 1. The second kappa shape index (κ2) is 6.42. The minimum atomic E-state index is -0.0547. The lowest BCUT2D eigenvalue weighted by molar-refractivity contribution is 0.0789. The van der Waals surface area contributed by atoms with Crippen molar-refractivity contribution in [3.05, 3.63) is 54.1 Å². The van der Waals surface area contributed by atoms with Crippen LogP contribution < -0.4 is 0 Å². The van der Waals surface area contributed by atoms with Crippen LogP contribution in [-0.2, 0) is 10.3 Å². The van der Waals surface area contributed by atoms with Crippen molar-refractivity contribution in [2.45, 2.75) is 56.5 Å². The van der Waals surface area contributed by atoms with Crippen LogP contribution in [0.25, 0.3) is 27.9 Å². The summed E-state index contributed by atoms with van der Waals surface area (Å²) in [6.07, 6.45) is 12.5. The van der Waals surface area contributed by atoms with Gasteiger partial charge in [-0.05, 0) is 37.3 Å². The van der Waals surface area contributed by atoms with Gasteiger partial charge in [0.25, 0.3) is 0 Å². The zero-order chi connectivity index (χ0) is 19.4. The van der Waals surface area contributed by atoms with Crippen molar-refractivity contribution < 1.29 is 4.74 Å². The van der Waals surface area contributed by atoms with Gasteiger partial charge >= 0.3 is 0 Å². The molecular weight excluding hydrogens is 360 g/mol. The highest BCUT2D eigenvalue weighted by molar-refractivity contribution is 5.84. The van der Waals surface area contributed by atoms with Crippen LogP contribution in [0, 0.1) is 0 Å². The van der Waals surface area contributed by atoms with Crippen LogP contribution >= 0.6 is 0 Å². The summed E-state index contributed by atoms with van der Waals surface area (Å²) in [6, 6.07) is 10.9. The van der Waals surface area contributed by atoms with Crippen LogP contribution in [0.4, 0.5) is 0 Å². The molecule has 0 aliphatic heterocycles. The van der Waals surface area contributed by atoms with Gasteiger partial charge in [-0.3, -0.25) is 4.40 Å². The molecule has 0 radical (unpaired) electrons. The van der Waals surface area contributed by atoms with Crippen LogP contribution in [0.5, 0.6) is 0 Å². The molecule has 0 unspecified atom stereocenters. The predicted octanol–water partition coefficient (Wildman–Crippen LogP) is 5.56. The molecule has 0 amide bonds. The molecule has 1 N–H and O–H groups in total. The van der Waals surface area contributed by atoms with Gasteiger partial charge in [0.05, 0.1) is 28.5 Å². The third-order valence-corrected chi connectivity index (χ3v) is 6.95. The highest BCUT2D eigenvalue weighted by Gasteiger charge is 2.44. The lowest BCUT2D eigenvalue weighted by Gasteiger charge is -2.20. The first-order chi connectivity index (χ1) is 14.3. The molecule has 0 saturated heterocycles. The number of nitrogens with zero attached hydrogens (tertiary/aromatic N) is 3. The molecule has 148 valence electrons. The maximum atomic E-state index is 5.74. The standard InChI is InChI=1S/C24H26N4O/c1-29-24(12-13-24)18-9-7-16(8-10-18)21-20-15-26-22-19(11-14-25-22)28(20)23(27-21)17-5-3-2-4-6-17/h7-11,14-15,17,25H,2-6,12-13H2,1H3. The molecule has 0 bridgehead atoms. The monoisotopic (exact) mass is 386 g/mol. The third-order valence-electron chi connectivity index (χ3n) is 6.95. The van der Waals surface area contributed by atoms with Gasteiger partial charge in [-0.25, -0.2) is 9.97 Å². The van der Waals surface area contributed by atoms with Gasteiger partial charge in [-0.15, -0.1) is 0 Å². The van der Waals surface area contributed by atoms with Crippen LogP contribution in [0.15, 0.2) is 42.7 Å². The lowest BCUT2D eigenvalue weighted by atomic mass is 9.89. The van der Waals surface area contributed by atoms with Crippen LogP contribution in [-0.4, -0.2) is 26.5 Å². The van der Waals surface area contributed by atoms with Crippen LogP contribution in [0.1, 0.15) is 62.3 Å². The molecule has 3 aromatic heterocycles. The summed E-state index contributed by atoms with van der Waals surface area (Å²) in [6.45, 7) is 0. The number of rotatable bonds is 4. The first-order valence-electron chi connectivity index (χ1n) is 10.8. The largest absolute Gasteiger partial charge is 0.374 e. The maximum absolute atomic E-state index is 5.74. The Kier molecular flexibility index (Phi) is 3.81. The first-order valence-corrected chi connectivity index (χ1v) is 10.8. The third kappa shape index (κ3) is 2.64. The average Bonchev–Trinajstić information content (AvgIpc) is 3.26. The quantitative estimate of drug-likeness (QED) is 0.499. The van der Waals surface area contributed by atoms with E-state index in [0.717, 1.165) is 40.8 Å². The van der Waals surface area contributed by atoms with E-state index in [1.165, 1.54) is 43.5 Å². The molecule has 3 heterocycles. The molecule has 2 aliphatic carbocycles. The van der Waals surface area contributed by atoms with E-state index in [0.29, 0.717) is 5.92 Å². The summed E-state index contributed by atoms with van der Waals surface area (Å²) in [5.74, 6) is 1.72. The Bertz CT molecular complexity index is 1180. The van der Waals surface area contributed by atoms with Gasteiger partial charge in [0.2, 0.25) is 0 Å². The number of nitrogens with one attached hydrogen (secondary N) is 1. The average molecular weight is 386 g/mol. The van der Waals surface area contributed by atoms with Crippen molar-refractivity contribution in [2.75, 3.05) is 7.11 Å². The number of aromatic amines is 1. The summed E-state index contributed by atoms with van der Waals surface area (Å²) in [7, 11) is 1.81. The van der Waals surface area contributed by atoms with Gasteiger partial charge in [0.1, 0.15) is 5.82 Å². The fraction of sp³-hybridized carbons (Fsp3) is 0.417. The second-order valence-electron chi connectivity index (χ2n) is 8.62. The summed E-state index contributed by atoms with van der Waals surface area (Å²) in [5, 5.41) is 0. The Hall–Kier alpha value is -2.66. The number of benzene rings is 1. The van der Waals surface area contributed by atoms with E-state index in [1.54, 1.807) is 0 Å². The molecule has 0 atom stereocenters. The van der Waals surface area contributed by atoms with E-state index in [9.17, 15) is 0 Å². The molecule has 2 aliphatic rings. The number of hydrogen-bond donors (Lipinski definition) is 1. The molecule has 29 heavy (non-hydrogen) atoms. The van der Waals surface area contributed by atoms with Crippen molar-refractivity contribution in [3.63, 3.8) is 0 Å². The van der Waals surface area contributed by atoms with Gasteiger partial charge in [-0.2, -0.15) is 0 Å². The molecule has 5 heteroatoms. The molecule has 2 fully saturated rings. The van der Waals surface area contributed by atoms with Gasteiger partial charge in [-0.1, -0.05) is 43.5 Å². The van der Waals surface area contributed by atoms with Crippen molar-refractivity contribution in [1.82, 2.24) is 19.4 Å². The van der Waals surface area contributed by atoms with E-state index < -0.39 is 0 Å². The maximum Gasteiger partial charge on any atom is 0.154 e. The number of ether oxygens (including phenoxy) is 1. The fourth-order valence-electron chi connectivity index (χ4n) is 5.09. The lowest BCUT2D eigenvalue weighted by Crippen LogP contribution is -2.09. The van der Waals surface area contributed by atoms with Crippen molar-refractivity contribution in [3.8, 4) is 11.3 Å². The van der Waals surface area contributed by atoms with E-state index in [4.69, 9.17) is 9.72 Å². The number of methoxy groups -OCH3 is 1. The zero-order valence-corrected chi connectivity index (χ0v) is 16.8. The summed E-state index contributed by atoms with van der Waals surface area (Å²) < 4.78 is 8.08. The molecule has 1 aromatic carbocycles. The Morgan fingerprint density at radius 1 is 1.03 bits per heavy atom. The molecule has 5 nitrogen and oxygen atoms in total. The van der Waals surface area contributed by atoms with Crippen molar-refractivity contribution in [1.29, 1.82) is 0 Å². The van der Waals surface area contributed by atoms with Gasteiger partial charge in [0, 0.05) is 24.8 Å². The summed E-state index contributed by atoms with van der Waals surface area (Å²) >= 11 is 0. The fourth-order valence-corrected chi connectivity index (χ4v) is 5.09. The van der Waals surface area contributed by atoms with E-state index in [2.05, 4.69) is 44.7 Å². The molecule has 0 spiro atoms. The van der Waals surface area contributed by atoms with E-state index in [1.807, 2.05) is 19.5 Å². The Morgan fingerprint density at radius 3 is 2.55 bits per heavy atom. The first kappa shape index (κ1) is 17.2. The molecule has 2 saturated carbocycles. The molecule has 4 aromatic rings. The minimum Gasteiger partial charge on any atom is -0.374 e. The minimum absolute atomic E-state index is 0.0547. The highest BCUT2D eigenvalue weighted by atomic mass is 16.5. The van der Waals surface area contributed by atoms with Crippen molar-refractivity contribution in [2.24, 2.45) is 0 Å². The van der Waals surface area contributed by atoms with Crippen LogP contribution in [0.2, 0.25) is 0 Å².